The molecule has 0 radical (unpaired) electrons. The van der Waals surface area contributed by atoms with Gasteiger partial charge in [0, 0.05) is 24.7 Å². The summed E-state index contributed by atoms with van der Waals surface area (Å²) in [5, 5.41) is 7.25. The molecule has 1 amide bonds. The molecule has 5 nitrogen and oxygen atoms in total. The molecule has 1 fully saturated rings. The van der Waals surface area contributed by atoms with E-state index in [1.54, 1.807) is 0 Å². The van der Waals surface area contributed by atoms with Crippen LogP contribution >= 0.6 is 0 Å². The third-order valence-corrected chi connectivity index (χ3v) is 4.04. The second-order valence-corrected chi connectivity index (χ2v) is 5.64. The van der Waals surface area contributed by atoms with Crippen molar-refractivity contribution in [1.82, 2.24) is 15.4 Å². The van der Waals surface area contributed by atoms with E-state index in [0.717, 1.165) is 42.9 Å². The van der Waals surface area contributed by atoms with Crippen molar-refractivity contribution in [3.8, 4) is 0 Å². The van der Waals surface area contributed by atoms with Gasteiger partial charge in [-0.2, -0.15) is 0 Å². The predicted octanol–water partition coefficient (Wildman–Crippen LogP) is 2.34. The summed E-state index contributed by atoms with van der Waals surface area (Å²) in [6.45, 7) is 8.07. The average molecular weight is 279 g/mol. The molecule has 0 aliphatic carbocycles. The first-order valence-electron chi connectivity index (χ1n) is 7.53. The lowest BCUT2D eigenvalue weighted by Crippen LogP contribution is -2.39. The van der Waals surface area contributed by atoms with Gasteiger partial charge in [-0.05, 0) is 33.6 Å². The fraction of sp³-hybridized carbons (Fsp3) is 0.733. The molecule has 2 rings (SSSR count). The molecule has 1 aromatic rings. The molecule has 0 spiro atoms. The molecule has 1 N–H and O–H groups in total. The first-order chi connectivity index (χ1) is 9.59. The lowest BCUT2D eigenvalue weighted by molar-refractivity contribution is -0.130. The number of aryl methyl sites for hydroxylation is 2. The summed E-state index contributed by atoms with van der Waals surface area (Å²) in [5.41, 5.74) is 1.96. The Morgan fingerprint density at radius 3 is 2.50 bits per heavy atom. The Morgan fingerprint density at radius 2 is 1.95 bits per heavy atom. The molecule has 1 aliphatic heterocycles. The highest BCUT2D eigenvalue weighted by Crippen LogP contribution is 2.20. The van der Waals surface area contributed by atoms with E-state index >= 15 is 0 Å². The highest BCUT2D eigenvalue weighted by atomic mass is 16.5. The molecule has 1 aliphatic rings. The molecule has 1 saturated heterocycles. The van der Waals surface area contributed by atoms with E-state index in [4.69, 9.17) is 4.52 Å². The van der Waals surface area contributed by atoms with Gasteiger partial charge in [-0.15, -0.1) is 0 Å². The zero-order valence-electron chi connectivity index (χ0n) is 12.7. The number of amides is 1. The lowest BCUT2D eigenvalue weighted by atomic mass is 10.1. The Bertz CT molecular complexity index is 428. The van der Waals surface area contributed by atoms with Gasteiger partial charge in [0.05, 0.1) is 12.2 Å². The minimum absolute atomic E-state index is 0.0807. The number of rotatable bonds is 4. The maximum atomic E-state index is 12.2. The summed E-state index contributed by atoms with van der Waals surface area (Å²) in [4.78, 5) is 14.2. The predicted molar refractivity (Wildman–Crippen MR) is 77.4 cm³/mol. The van der Waals surface area contributed by atoms with Gasteiger partial charge in [0.1, 0.15) is 5.76 Å². The molecule has 0 saturated carbocycles. The minimum atomic E-state index is 0.0807. The standard InChI is InChI=1S/C15H25N3O2/c1-11(15-12(2)17-20-13(15)3)16-10-14(19)18-8-6-4-5-7-9-18/h11,16H,4-10H2,1-3H3. The first-order valence-corrected chi connectivity index (χ1v) is 7.53. The van der Waals surface area contributed by atoms with Gasteiger partial charge in [-0.3, -0.25) is 4.79 Å². The van der Waals surface area contributed by atoms with Crippen molar-refractivity contribution in [2.24, 2.45) is 0 Å². The second-order valence-electron chi connectivity index (χ2n) is 5.64. The van der Waals surface area contributed by atoms with E-state index in [-0.39, 0.29) is 11.9 Å². The van der Waals surface area contributed by atoms with Crippen LogP contribution in [0.25, 0.3) is 0 Å². The van der Waals surface area contributed by atoms with Crippen LogP contribution in [0, 0.1) is 13.8 Å². The van der Waals surface area contributed by atoms with E-state index in [9.17, 15) is 4.79 Å². The smallest absolute Gasteiger partial charge is 0.236 e. The summed E-state index contributed by atoms with van der Waals surface area (Å²) in [6, 6.07) is 0.0807. The first kappa shape index (κ1) is 15.0. The van der Waals surface area contributed by atoms with E-state index in [0.29, 0.717) is 6.54 Å². The van der Waals surface area contributed by atoms with E-state index in [2.05, 4.69) is 10.5 Å². The maximum Gasteiger partial charge on any atom is 0.236 e. The van der Waals surface area contributed by atoms with Crippen LogP contribution < -0.4 is 5.32 Å². The highest BCUT2D eigenvalue weighted by molar-refractivity contribution is 5.78. The second kappa shape index (κ2) is 6.88. The van der Waals surface area contributed by atoms with Crippen LogP contribution in [0.4, 0.5) is 0 Å². The Hall–Kier alpha value is -1.36. The van der Waals surface area contributed by atoms with Crippen molar-refractivity contribution in [2.75, 3.05) is 19.6 Å². The molecule has 20 heavy (non-hydrogen) atoms. The van der Waals surface area contributed by atoms with Gasteiger partial charge in [0.15, 0.2) is 0 Å². The van der Waals surface area contributed by atoms with Crippen molar-refractivity contribution in [2.45, 2.75) is 52.5 Å². The summed E-state index contributed by atoms with van der Waals surface area (Å²) >= 11 is 0. The van der Waals surface area contributed by atoms with Gasteiger partial charge in [0.25, 0.3) is 0 Å². The number of hydrogen-bond donors (Lipinski definition) is 1. The highest BCUT2D eigenvalue weighted by Gasteiger charge is 2.19. The molecule has 1 aromatic heterocycles. The van der Waals surface area contributed by atoms with Crippen LogP contribution in [0.3, 0.4) is 0 Å². The third kappa shape index (κ3) is 3.60. The molecular formula is C15H25N3O2. The topological polar surface area (TPSA) is 58.4 Å². The van der Waals surface area contributed by atoms with E-state index < -0.39 is 0 Å². The number of carbonyl (C=O) groups excluding carboxylic acids is 1. The van der Waals surface area contributed by atoms with Gasteiger partial charge in [0.2, 0.25) is 5.91 Å². The van der Waals surface area contributed by atoms with E-state index in [1.165, 1.54) is 12.8 Å². The van der Waals surface area contributed by atoms with Crippen molar-refractivity contribution < 1.29 is 9.32 Å². The molecule has 1 atom stereocenters. The number of likely N-dealkylation sites (tertiary alicyclic amines) is 1. The number of carbonyl (C=O) groups is 1. The Labute approximate surface area is 120 Å². The molecule has 2 heterocycles. The van der Waals surface area contributed by atoms with Crippen molar-refractivity contribution in [3.05, 3.63) is 17.0 Å². The number of aromatic nitrogens is 1. The third-order valence-electron chi connectivity index (χ3n) is 4.04. The summed E-state index contributed by atoms with van der Waals surface area (Å²) in [5.74, 6) is 1.02. The molecule has 1 unspecified atom stereocenters. The molecule has 0 aromatic carbocycles. The SMILES string of the molecule is Cc1noc(C)c1C(C)NCC(=O)N1CCCCCC1. The average Bonchev–Trinajstić information content (AvgIpc) is 2.66. The Morgan fingerprint density at radius 1 is 1.30 bits per heavy atom. The van der Waals surface area contributed by atoms with Gasteiger partial charge < -0.3 is 14.7 Å². The van der Waals surface area contributed by atoms with Crippen LogP contribution in [0.1, 0.15) is 55.7 Å². The monoisotopic (exact) mass is 279 g/mol. The normalized spacial score (nSPS) is 17.9. The van der Waals surface area contributed by atoms with Crippen LogP contribution in [0.2, 0.25) is 0 Å². The van der Waals surface area contributed by atoms with Crippen LogP contribution in [-0.2, 0) is 4.79 Å². The number of hydrogen-bond acceptors (Lipinski definition) is 4. The summed E-state index contributed by atoms with van der Waals surface area (Å²) in [7, 11) is 0. The van der Waals surface area contributed by atoms with E-state index in [1.807, 2.05) is 25.7 Å². The molecule has 112 valence electrons. The van der Waals surface area contributed by atoms with Crippen LogP contribution in [0.15, 0.2) is 4.52 Å². The van der Waals surface area contributed by atoms with Crippen molar-refractivity contribution in [1.29, 1.82) is 0 Å². The fourth-order valence-corrected chi connectivity index (χ4v) is 2.88. The van der Waals surface area contributed by atoms with Crippen LogP contribution in [0.5, 0.6) is 0 Å². The fourth-order valence-electron chi connectivity index (χ4n) is 2.88. The maximum absolute atomic E-state index is 12.2. The summed E-state index contributed by atoms with van der Waals surface area (Å²) in [6.07, 6.45) is 4.75. The molecule has 5 heteroatoms. The van der Waals surface area contributed by atoms with Crippen molar-refractivity contribution >= 4 is 5.91 Å². The van der Waals surface area contributed by atoms with Gasteiger partial charge in [-0.1, -0.05) is 18.0 Å². The van der Waals surface area contributed by atoms with Gasteiger partial charge >= 0.3 is 0 Å². The number of nitrogens with zero attached hydrogens (tertiary/aromatic N) is 2. The van der Waals surface area contributed by atoms with Gasteiger partial charge in [-0.25, -0.2) is 0 Å². The Kier molecular flexibility index (Phi) is 5.17. The zero-order chi connectivity index (χ0) is 14.5. The van der Waals surface area contributed by atoms with Crippen molar-refractivity contribution in [3.63, 3.8) is 0 Å². The quantitative estimate of drug-likeness (QED) is 0.919. The number of nitrogens with one attached hydrogen (secondary N) is 1. The molecular weight excluding hydrogens is 254 g/mol. The Balaban J connectivity index is 1.86. The lowest BCUT2D eigenvalue weighted by Gasteiger charge is -2.22. The summed E-state index contributed by atoms with van der Waals surface area (Å²) < 4.78 is 5.17. The minimum Gasteiger partial charge on any atom is -0.361 e. The largest absolute Gasteiger partial charge is 0.361 e. The molecule has 0 bridgehead atoms. The van der Waals surface area contributed by atoms with Crippen LogP contribution in [-0.4, -0.2) is 35.6 Å². The zero-order valence-corrected chi connectivity index (χ0v) is 12.7.